The topological polar surface area (TPSA) is 26.3 Å². The summed E-state index contributed by atoms with van der Waals surface area (Å²) < 4.78 is 6.44. The predicted octanol–water partition coefficient (Wildman–Crippen LogP) is 2.45. The maximum absolute atomic E-state index is 12.0. The molecule has 2 saturated carbocycles. The van der Waals surface area contributed by atoms with E-state index in [-0.39, 0.29) is 17.5 Å². The van der Waals surface area contributed by atoms with Crippen molar-refractivity contribution in [3.05, 3.63) is 0 Å². The average molecular weight is 254 g/mol. The van der Waals surface area contributed by atoms with E-state index in [0.717, 1.165) is 12.3 Å². The van der Waals surface area contributed by atoms with Crippen molar-refractivity contribution in [3.63, 3.8) is 0 Å². The number of carbonyl (C=O) groups excluding carboxylic acids is 1. The van der Waals surface area contributed by atoms with Gasteiger partial charge >= 0.3 is 5.97 Å². The van der Waals surface area contributed by atoms with Gasteiger partial charge in [0.15, 0.2) is 6.54 Å². The zero-order valence-corrected chi connectivity index (χ0v) is 12.7. The standard InChI is InChI=1S/C15H28NO2/c1-14(2)11-7-8-15(14,3)12(9-11)18-13(17)10-16(4,5)6/h11-12H,7-10H2,1-6H3/q+1/t11-,12-,15-/m0/s1. The van der Waals surface area contributed by atoms with Gasteiger partial charge in [0.05, 0.1) is 21.1 Å². The molecule has 0 heterocycles. The van der Waals surface area contributed by atoms with Crippen LogP contribution in [0.2, 0.25) is 0 Å². The van der Waals surface area contributed by atoms with Crippen molar-refractivity contribution >= 4 is 5.97 Å². The number of nitrogens with zero attached hydrogens (tertiary/aromatic N) is 1. The fourth-order valence-electron chi connectivity index (χ4n) is 3.89. The number of hydrogen-bond donors (Lipinski definition) is 0. The molecule has 3 nitrogen and oxygen atoms in total. The summed E-state index contributed by atoms with van der Waals surface area (Å²) in [5, 5.41) is 0. The molecule has 0 spiro atoms. The predicted molar refractivity (Wildman–Crippen MR) is 72.0 cm³/mol. The summed E-state index contributed by atoms with van der Waals surface area (Å²) >= 11 is 0. The SMILES string of the molecule is CC1(C)[C@H]2CC[C@@]1(C)[C@@H](OC(=O)C[N+](C)(C)C)C2. The summed E-state index contributed by atoms with van der Waals surface area (Å²) in [5.41, 5.74) is 0.493. The monoisotopic (exact) mass is 254 g/mol. The second kappa shape index (κ2) is 3.96. The van der Waals surface area contributed by atoms with Crippen LogP contribution in [0.1, 0.15) is 40.0 Å². The lowest BCUT2D eigenvalue weighted by molar-refractivity contribution is -0.862. The van der Waals surface area contributed by atoms with Crippen molar-refractivity contribution in [2.45, 2.75) is 46.1 Å². The zero-order chi connectivity index (χ0) is 13.8. The van der Waals surface area contributed by atoms with Gasteiger partial charge in [-0.2, -0.15) is 0 Å². The number of carbonyl (C=O) groups is 1. The molecule has 0 radical (unpaired) electrons. The second-order valence-corrected chi connectivity index (χ2v) is 8.04. The fourth-order valence-corrected chi connectivity index (χ4v) is 3.89. The Morgan fingerprint density at radius 2 is 1.89 bits per heavy atom. The summed E-state index contributed by atoms with van der Waals surface area (Å²) in [6.07, 6.45) is 3.69. The van der Waals surface area contributed by atoms with Gasteiger partial charge in [0.1, 0.15) is 6.10 Å². The van der Waals surface area contributed by atoms with Crippen LogP contribution in [0.25, 0.3) is 0 Å². The van der Waals surface area contributed by atoms with Crippen molar-refractivity contribution in [3.8, 4) is 0 Å². The smallest absolute Gasteiger partial charge is 0.362 e. The van der Waals surface area contributed by atoms with Gasteiger partial charge < -0.3 is 9.22 Å². The van der Waals surface area contributed by atoms with Crippen molar-refractivity contribution in [1.29, 1.82) is 0 Å². The minimum atomic E-state index is -0.0444. The molecule has 0 aromatic carbocycles. The molecule has 2 aliphatic carbocycles. The van der Waals surface area contributed by atoms with Gasteiger partial charge in [-0.1, -0.05) is 20.8 Å². The van der Waals surface area contributed by atoms with Gasteiger partial charge in [0.25, 0.3) is 0 Å². The summed E-state index contributed by atoms with van der Waals surface area (Å²) in [7, 11) is 6.06. The Kier molecular flexibility index (Phi) is 3.05. The first-order chi connectivity index (χ1) is 8.06. The van der Waals surface area contributed by atoms with Gasteiger partial charge in [0.2, 0.25) is 0 Å². The van der Waals surface area contributed by atoms with Gasteiger partial charge in [-0.15, -0.1) is 0 Å². The largest absolute Gasteiger partial charge is 0.458 e. The minimum Gasteiger partial charge on any atom is -0.458 e. The molecule has 2 aliphatic rings. The first-order valence-electron chi connectivity index (χ1n) is 7.06. The number of ether oxygens (including phenoxy) is 1. The summed E-state index contributed by atoms with van der Waals surface area (Å²) in [5.74, 6) is 0.682. The van der Waals surface area contributed by atoms with Crippen molar-refractivity contribution in [1.82, 2.24) is 0 Å². The van der Waals surface area contributed by atoms with Crippen LogP contribution in [0.3, 0.4) is 0 Å². The van der Waals surface area contributed by atoms with Gasteiger partial charge in [-0.25, -0.2) is 4.79 Å². The van der Waals surface area contributed by atoms with E-state index in [2.05, 4.69) is 20.8 Å². The molecule has 0 aromatic rings. The zero-order valence-electron chi connectivity index (χ0n) is 12.7. The van der Waals surface area contributed by atoms with Crippen LogP contribution < -0.4 is 0 Å². The lowest BCUT2D eigenvalue weighted by Crippen LogP contribution is -2.44. The molecule has 2 bridgehead atoms. The molecular formula is C15H28NO2+. The first kappa shape index (κ1) is 13.9. The molecule has 2 fully saturated rings. The molecule has 3 heteroatoms. The Labute approximate surface area is 111 Å². The third kappa shape index (κ3) is 2.07. The molecule has 0 aliphatic heterocycles. The van der Waals surface area contributed by atoms with Crippen LogP contribution in [0.4, 0.5) is 0 Å². The number of rotatable bonds is 3. The van der Waals surface area contributed by atoms with E-state index in [1.165, 1.54) is 12.8 Å². The highest BCUT2D eigenvalue weighted by Crippen LogP contribution is 2.66. The Morgan fingerprint density at radius 1 is 1.28 bits per heavy atom. The summed E-state index contributed by atoms with van der Waals surface area (Å²) in [6.45, 7) is 7.46. The minimum absolute atomic E-state index is 0.0444. The maximum Gasteiger partial charge on any atom is 0.362 e. The maximum atomic E-state index is 12.0. The number of hydrogen-bond acceptors (Lipinski definition) is 2. The van der Waals surface area contributed by atoms with Crippen LogP contribution in [0.5, 0.6) is 0 Å². The number of quaternary nitrogens is 1. The van der Waals surface area contributed by atoms with E-state index in [4.69, 9.17) is 4.74 Å². The van der Waals surface area contributed by atoms with Crippen molar-refractivity contribution in [2.24, 2.45) is 16.7 Å². The molecule has 2 rings (SSSR count). The molecule has 3 atom stereocenters. The first-order valence-corrected chi connectivity index (χ1v) is 7.06. The van der Waals surface area contributed by atoms with E-state index in [1.807, 2.05) is 21.1 Å². The Morgan fingerprint density at radius 3 is 2.28 bits per heavy atom. The van der Waals surface area contributed by atoms with E-state index in [9.17, 15) is 4.79 Å². The van der Waals surface area contributed by atoms with E-state index >= 15 is 0 Å². The average Bonchev–Trinajstić information content (AvgIpc) is 2.47. The highest BCUT2D eigenvalue weighted by molar-refractivity contribution is 5.71. The Hall–Kier alpha value is -0.570. The molecule has 0 saturated heterocycles. The normalized spacial score (nSPS) is 37.9. The van der Waals surface area contributed by atoms with Crippen LogP contribution in [0, 0.1) is 16.7 Å². The molecule has 0 unspecified atom stereocenters. The second-order valence-electron chi connectivity index (χ2n) is 8.04. The molecule has 0 N–H and O–H groups in total. The highest BCUT2D eigenvalue weighted by atomic mass is 16.5. The lowest BCUT2D eigenvalue weighted by Gasteiger charge is -2.38. The van der Waals surface area contributed by atoms with Crippen molar-refractivity contribution < 1.29 is 14.0 Å². The lowest BCUT2D eigenvalue weighted by atomic mass is 9.70. The van der Waals surface area contributed by atoms with Crippen LogP contribution in [0.15, 0.2) is 0 Å². The van der Waals surface area contributed by atoms with Gasteiger partial charge in [-0.3, -0.25) is 0 Å². The summed E-state index contributed by atoms with van der Waals surface area (Å²) in [4.78, 5) is 12.0. The van der Waals surface area contributed by atoms with Crippen LogP contribution in [-0.4, -0.2) is 44.2 Å². The molecular weight excluding hydrogens is 226 g/mol. The Balaban J connectivity index is 2.03. The third-order valence-corrected chi connectivity index (χ3v) is 5.59. The summed E-state index contributed by atoms with van der Waals surface area (Å²) in [6, 6.07) is 0. The van der Waals surface area contributed by atoms with Crippen LogP contribution >= 0.6 is 0 Å². The van der Waals surface area contributed by atoms with Gasteiger partial charge in [0, 0.05) is 5.41 Å². The number of likely N-dealkylation sites (N-methyl/N-ethyl adjacent to an activating group) is 1. The Bertz CT molecular complexity index is 356. The molecule has 104 valence electrons. The van der Waals surface area contributed by atoms with Crippen LogP contribution in [-0.2, 0) is 9.53 Å². The molecule has 18 heavy (non-hydrogen) atoms. The van der Waals surface area contributed by atoms with Gasteiger partial charge in [-0.05, 0) is 30.6 Å². The third-order valence-electron chi connectivity index (χ3n) is 5.59. The molecule has 0 amide bonds. The number of fused-ring (bicyclic) bond motifs is 2. The quantitative estimate of drug-likeness (QED) is 0.571. The highest BCUT2D eigenvalue weighted by Gasteiger charge is 2.62. The van der Waals surface area contributed by atoms with E-state index < -0.39 is 0 Å². The fraction of sp³-hybridized carbons (Fsp3) is 0.933. The van der Waals surface area contributed by atoms with E-state index in [0.29, 0.717) is 16.4 Å². The molecule has 0 aromatic heterocycles. The number of esters is 1. The van der Waals surface area contributed by atoms with E-state index in [1.54, 1.807) is 0 Å². The van der Waals surface area contributed by atoms with Crippen molar-refractivity contribution in [2.75, 3.05) is 27.7 Å².